The van der Waals surface area contributed by atoms with Crippen molar-refractivity contribution in [2.75, 3.05) is 13.2 Å². The molecule has 0 aromatic rings. The van der Waals surface area contributed by atoms with Crippen molar-refractivity contribution in [2.45, 2.75) is 38.4 Å². The fraction of sp³-hybridized carbons (Fsp3) is 1.00. The first-order valence-electron chi connectivity index (χ1n) is 5.56. The summed E-state index contributed by atoms with van der Waals surface area (Å²) in [5.41, 5.74) is 0. The summed E-state index contributed by atoms with van der Waals surface area (Å²) in [5, 5.41) is 8.08. The van der Waals surface area contributed by atoms with E-state index in [2.05, 4.69) is 11.6 Å². The molecule has 0 aliphatic heterocycles. The highest BCUT2D eigenvalue weighted by atomic mass is 32.2. The first kappa shape index (κ1) is 12.9. The Hall–Kier alpha value is -0.130. The molecule has 0 spiro atoms. The molecule has 1 fully saturated rings. The molecule has 15 heavy (non-hydrogen) atoms. The Labute approximate surface area is 92.1 Å². The van der Waals surface area contributed by atoms with Gasteiger partial charge in [-0.3, -0.25) is 0 Å². The Kier molecular flexibility index (Phi) is 4.55. The average Bonchev–Trinajstić information content (AvgIpc) is 2.60. The van der Waals surface area contributed by atoms with Crippen LogP contribution in [0.2, 0.25) is 0 Å². The maximum absolute atomic E-state index is 11.6. The lowest BCUT2D eigenvalue weighted by Gasteiger charge is -2.17. The Morgan fingerprint density at radius 3 is 2.60 bits per heavy atom. The molecule has 0 aromatic carbocycles. The number of hydrogen-bond donors (Lipinski definition) is 2. The molecule has 0 aromatic heterocycles. The van der Waals surface area contributed by atoms with Crippen molar-refractivity contribution in [1.29, 1.82) is 0 Å². The fourth-order valence-electron chi connectivity index (χ4n) is 1.99. The molecule has 0 amide bonds. The van der Waals surface area contributed by atoms with Crippen molar-refractivity contribution < 1.29 is 13.5 Å². The molecule has 5 heteroatoms. The van der Waals surface area contributed by atoms with Crippen molar-refractivity contribution >= 4 is 10.0 Å². The molecule has 1 saturated carbocycles. The van der Waals surface area contributed by atoms with Crippen LogP contribution >= 0.6 is 0 Å². The molecule has 1 aliphatic carbocycles. The number of rotatable bonds is 5. The highest BCUT2D eigenvalue weighted by Gasteiger charge is 2.26. The van der Waals surface area contributed by atoms with Gasteiger partial charge in [0.1, 0.15) is 0 Å². The number of hydrogen-bond acceptors (Lipinski definition) is 3. The summed E-state index contributed by atoms with van der Waals surface area (Å²) < 4.78 is 25.7. The topological polar surface area (TPSA) is 66.4 Å². The van der Waals surface area contributed by atoms with Gasteiger partial charge >= 0.3 is 0 Å². The molecule has 3 unspecified atom stereocenters. The van der Waals surface area contributed by atoms with Crippen molar-refractivity contribution in [3.05, 3.63) is 0 Å². The van der Waals surface area contributed by atoms with Gasteiger partial charge in [-0.05, 0) is 25.2 Å². The van der Waals surface area contributed by atoms with E-state index < -0.39 is 15.3 Å². The summed E-state index contributed by atoms with van der Waals surface area (Å²) in [6, 6.07) is 0. The van der Waals surface area contributed by atoms with Crippen LogP contribution in [0, 0.1) is 11.8 Å². The first-order chi connectivity index (χ1) is 6.97. The summed E-state index contributed by atoms with van der Waals surface area (Å²) >= 11 is 0. The van der Waals surface area contributed by atoms with E-state index in [1.54, 1.807) is 0 Å². The second-order valence-electron chi connectivity index (χ2n) is 4.55. The molecule has 4 nitrogen and oxygen atoms in total. The Bertz CT molecular complexity index is 289. The minimum atomic E-state index is -3.32. The molecular formula is C10H21NO3S. The lowest BCUT2D eigenvalue weighted by atomic mass is 9.99. The quantitative estimate of drug-likeness (QED) is 0.738. The van der Waals surface area contributed by atoms with E-state index in [1.165, 1.54) is 19.8 Å². The summed E-state index contributed by atoms with van der Waals surface area (Å²) in [4.78, 5) is 0. The molecule has 0 heterocycles. The van der Waals surface area contributed by atoms with Crippen LogP contribution < -0.4 is 4.72 Å². The van der Waals surface area contributed by atoms with Crippen molar-refractivity contribution in [2.24, 2.45) is 11.8 Å². The molecule has 90 valence electrons. The van der Waals surface area contributed by atoms with Crippen molar-refractivity contribution in [1.82, 2.24) is 4.72 Å². The first-order valence-corrected chi connectivity index (χ1v) is 7.11. The number of aliphatic hydroxyl groups is 1. The third-order valence-electron chi connectivity index (χ3n) is 3.37. The largest absolute Gasteiger partial charge is 0.395 e. The van der Waals surface area contributed by atoms with E-state index in [9.17, 15) is 8.42 Å². The van der Waals surface area contributed by atoms with E-state index in [-0.39, 0.29) is 6.61 Å². The molecule has 3 atom stereocenters. The van der Waals surface area contributed by atoms with Gasteiger partial charge in [-0.25, -0.2) is 13.1 Å². The number of sulfonamides is 1. The minimum absolute atomic E-state index is 0.324. The molecule has 0 bridgehead atoms. The molecular weight excluding hydrogens is 214 g/mol. The zero-order valence-corrected chi connectivity index (χ0v) is 10.3. The van der Waals surface area contributed by atoms with Crippen LogP contribution in [0.1, 0.15) is 33.1 Å². The second-order valence-corrected chi connectivity index (χ2v) is 6.74. The van der Waals surface area contributed by atoms with Gasteiger partial charge in [0.15, 0.2) is 0 Å². The van der Waals surface area contributed by atoms with Gasteiger partial charge in [-0.2, -0.15) is 0 Å². The van der Waals surface area contributed by atoms with Crippen LogP contribution in [0.4, 0.5) is 0 Å². The maximum Gasteiger partial charge on any atom is 0.216 e. The highest BCUT2D eigenvalue weighted by molar-refractivity contribution is 7.90. The molecule has 0 radical (unpaired) electrons. The summed E-state index contributed by atoms with van der Waals surface area (Å²) in [6.45, 7) is 3.88. The smallest absolute Gasteiger partial charge is 0.216 e. The van der Waals surface area contributed by atoms with Gasteiger partial charge in [0.05, 0.1) is 11.9 Å². The molecule has 0 saturated heterocycles. The van der Waals surface area contributed by atoms with Crippen LogP contribution in [0.3, 0.4) is 0 Å². The lowest BCUT2D eigenvalue weighted by Crippen LogP contribution is -2.37. The van der Waals surface area contributed by atoms with Gasteiger partial charge in [0, 0.05) is 6.54 Å². The van der Waals surface area contributed by atoms with E-state index in [0.717, 1.165) is 6.42 Å². The van der Waals surface area contributed by atoms with Gasteiger partial charge < -0.3 is 5.11 Å². The molecule has 1 rings (SSSR count). The fourth-order valence-corrected chi connectivity index (χ4v) is 2.92. The van der Waals surface area contributed by atoms with E-state index >= 15 is 0 Å². The van der Waals surface area contributed by atoms with E-state index in [4.69, 9.17) is 5.11 Å². The third-order valence-corrected chi connectivity index (χ3v) is 5.15. The third kappa shape index (κ3) is 3.43. The highest BCUT2D eigenvalue weighted by Crippen LogP contribution is 2.30. The van der Waals surface area contributed by atoms with Gasteiger partial charge in [-0.1, -0.05) is 19.8 Å². The van der Waals surface area contributed by atoms with Crippen molar-refractivity contribution in [3.63, 3.8) is 0 Å². The van der Waals surface area contributed by atoms with Gasteiger partial charge in [0.2, 0.25) is 10.0 Å². The Morgan fingerprint density at radius 2 is 2.13 bits per heavy atom. The second kappa shape index (κ2) is 5.27. The minimum Gasteiger partial charge on any atom is -0.395 e. The standard InChI is InChI=1S/C10H21NO3S/c1-8-4-3-5-10(8)6-11-15(13,14)9(2)7-12/h8-12H,3-7H2,1-2H3. The van der Waals surface area contributed by atoms with Gasteiger partial charge in [0.25, 0.3) is 0 Å². The summed E-state index contributed by atoms with van der Waals surface area (Å²) in [7, 11) is -3.32. The van der Waals surface area contributed by atoms with Crippen LogP contribution in [-0.2, 0) is 10.0 Å². The predicted molar refractivity (Wildman–Crippen MR) is 60.0 cm³/mol. The summed E-state index contributed by atoms with van der Waals surface area (Å²) in [6.07, 6.45) is 3.50. The van der Waals surface area contributed by atoms with Crippen LogP contribution in [0.25, 0.3) is 0 Å². The lowest BCUT2D eigenvalue weighted by molar-refractivity contribution is 0.294. The van der Waals surface area contributed by atoms with Crippen molar-refractivity contribution in [3.8, 4) is 0 Å². The van der Waals surface area contributed by atoms with E-state index in [1.807, 2.05) is 0 Å². The molecule has 2 N–H and O–H groups in total. The predicted octanol–water partition coefficient (Wildman–Crippen LogP) is 0.723. The number of nitrogens with one attached hydrogen (secondary N) is 1. The normalized spacial score (nSPS) is 29.3. The van der Waals surface area contributed by atoms with Crippen LogP contribution in [0.15, 0.2) is 0 Å². The number of aliphatic hydroxyl groups excluding tert-OH is 1. The summed E-state index contributed by atoms with van der Waals surface area (Å²) in [5.74, 6) is 1.07. The maximum atomic E-state index is 11.6. The van der Waals surface area contributed by atoms with Crippen LogP contribution in [-0.4, -0.2) is 31.9 Å². The SMILES string of the molecule is CC1CCCC1CNS(=O)(=O)C(C)CO. The monoisotopic (exact) mass is 235 g/mol. The van der Waals surface area contributed by atoms with Gasteiger partial charge in [-0.15, -0.1) is 0 Å². The Balaban J connectivity index is 2.42. The zero-order valence-electron chi connectivity index (χ0n) is 9.44. The van der Waals surface area contributed by atoms with Crippen LogP contribution in [0.5, 0.6) is 0 Å². The Morgan fingerprint density at radius 1 is 1.47 bits per heavy atom. The zero-order chi connectivity index (χ0) is 11.5. The molecule has 1 aliphatic rings. The average molecular weight is 235 g/mol. The van der Waals surface area contributed by atoms with E-state index in [0.29, 0.717) is 18.4 Å².